The van der Waals surface area contributed by atoms with Gasteiger partial charge in [0.2, 0.25) is 5.91 Å². The molecule has 32 heavy (non-hydrogen) atoms. The molecule has 8 heteroatoms. The number of aliphatic hydroxyl groups is 1. The van der Waals surface area contributed by atoms with Gasteiger partial charge in [-0.05, 0) is 30.2 Å². The lowest BCUT2D eigenvalue weighted by atomic mass is 10.1. The number of hydrogen-bond donors (Lipinski definition) is 1. The first-order chi connectivity index (χ1) is 15.5. The van der Waals surface area contributed by atoms with Crippen LogP contribution < -0.4 is 9.47 Å². The van der Waals surface area contributed by atoms with Gasteiger partial charge >= 0.3 is 0 Å². The Labute approximate surface area is 192 Å². The summed E-state index contributed by atoms with van der Waals surface area (Å²) in [4.78, 5) is 18.9. The van der Waals surface area contributed by atoms with Crippen LogP contribution in [0.25, 0.3) is 0 Å². The van der Waals surface area contributed by atoms with Gasteiger partial charge in [0.1, 0.15) is 18.2 Å². The average molecular weight is 457 g/mol. The second-order valence-electron chi connectivity index (χ2n) is 7.21. The van der Waals surface area contributed by atoms with Gasteiger partial charge in [0, 0.05) is 19.0 Å². The van der Waals surface area contributed by atoms with Gasteiger partial charge < -0.3 is 24.2 Å². The van der Waals surface area contributed by atoms with Gasteiger partial charge in [-0.25, -0.2) is 4.98 Å². The molecule has 170 valence electrons. The number of ether oxygens (including phenoxy) is 3. The number of aliphatic hydroxyl groups excluding tert-OH is 1. The second kappa shape index (κ2) is 11.6. The molecule has 1 aromatic heterocycles. The fraction of sp³-hybridized carbons (Fsp3) is 0.333. The van der Waals surface area contributed by atoms with Crippen LogP contribution in [0.2, 0.25) is 0 Å². The normalized spacial score (nSPS) is 11.8. The molecule has 0 aliphatic heterocycles. The van der Waals surface area contributed by atoms with Gasteiger partial charge in [-0.1, -0.05) is 36.4 Å². The summed E-state index contributed by atoms with van der Waals surface area (Å²) in [5, 5.41) is 11.8. The molecule has 2 aromatic carbocycles. The smallest absolute Gasteiger partial charge is 0.249 e. The molecule has 1 heterocycles. The van der Waals surface area contributed by atoms with Crippen LogP contribution in [0.15, 0.2) is 53.9 Å². The van der Waals surface area contributed by atoms with Crippen LogP contribution in [0, 0.1) is 0 Å². The van der Waals surface area contributed by atoms with Gasteiger partial charge in [-0.2, -0.15) is 0 Å². The van der Waals surface area contributed by atoms with Gasteiger partial charge in [-0.3, -0.25) is 4.79 Å². The Hall–Kier alpha value is -2.94. The van der Waals surface area contributed by atoms with Crippen molar-refractivity contribution in [1.82, 2.24) is 9.88 Å². The molecule has 0 bridgehead atoms. The van der Waals surface area contributed by atoms with Crippen molar-refractivity contribution in [2.45, 2.75) is 32.7 Å². The number of thiazole rings is 1. The number of aromatic nitrogens is 1. The molecule has 1 atom stereocenters. The topological polar surface area (TPSA) is 81.1 Å². The van der Waals surface area contributed by atoms with Crippen LogP contribution in [-0.4, -0.2) is 41.7 Å². The molecule has 0 radical (unpaired) electrons. The first-order valence-electron chi connectivity index (χ1n) is 10.2. The highest BCUT2D eigenvalue weighted by molar-refractivity contribution is 7.09. The van der Waals surface area contributed by atoms with E-state index < -0.39 is 0 Å². The summed E-state index contributed by atoms with van der Waals surface area (Å²) >= 11 is 1.43. The van der Waals surface area contributed by atoms with Crippen molar-refractivity contribution >= 4 is 17.2 Å². The van der Waals surface area contributed by atoms with Crippen molar-refractivity contribution in [1.29, 1.82) is 0 Å². The fourth-order valence-corrected chi connectivity index (χ4v) is 4.01. The third-order valence-electron chi connectivity index (χ3n) is 5.03. The number of nitrogens with zero attached hydrogens (tertiary/aromatic N) is 2. The Bertz CT molecular complexity index is 1010. The highest BCUT2D eigenvalue weighted by atomic mass is 32.1. The largest absolute Gasteiger partial charge is 0.493 e. The van der Waals surface area contributed by atoms with Gasteiger partial charge in [-0.15, -0.1) is 11.3 Å². The molecular formula is C24H28N2O5S. The lowest BCUT2D eigenvalue weighted by Crippen LogP contribution is -2.35. The number of benzene rings is 2. The zero-order valence-electron chi connectivity index (χ0n) is 18.5. The SMILES string of the molecule is COCC(=O)N(Cc1ccc(OC)c(OCc2nc(CO)cs2)c1)C(C)c1ccccc1. The highest BCUT2D eigenvalue weighted by Crippen LogP contribution is 2.31. The van der Waals surface area contributed by atoms with Crippen LogP contribution in [0.5, 0.6) is 11.5 Å². The summed E-state index contributed by atoms with van der Waals surface area (Å²) in [6, 6.07) is 15.4. The Balaban J connectivity index is 1.80. The van der Waals surface area contributed by atoms with Crippen LogP contribution in [0.3, 0.4) is 0 Å². The van der Waals surface area contributed by atoms with E-state index in [1.54, 1.807) is 17.4 Å². The Morgan fingerprint density at radius 1 is 1.16 bits per heavy atom. The summed E-state index contributed by atoms with van der Waals surface area (Å²) in [6.45, 7) is 2.57. The number of rotatable bonds is 11. The first kappa shape index (κ1) is 23.7. The number of methoxy groups -OCH3 is 2. The lowest BCUT2D eigenvalue weighted by Gasteiger charge is -2.30. The predicted octanol–water partition coefficient (Wildman–Crippen LogP) is 3.96. The molecule has 0 spiro atoms. The van der Waals surface area contributed by atoms with E-state index in [0.29, 0.717) is 23.7 Å². The van der Waals surface area contributed by atoms with E-state index in [1.165, 1.54) is 18.4 Å². The maximum Gasteiger partial charge on any atom is 0.249 e. The Morgan fingerprint density at radius 2 is 1.94 bits per heavy atom. The Morgan fingerprint density at radius 3 is 2.59 bits per heavy atom. The minimum atomic E-state index is -0.127. The zero-order valence-corrected chi connectivity index (χ0v) is 19.3. The van der Waals surface area contributed by atoms with Gasteiger partial charge in [0.05, 0.1) is 25.5 Å². The van der Waals surface area contributed by atoms with E-state index in [1.807, 2.05) is 55.5 Å². The van der Waals surface area contributed by atoms with Crippen molar-refractivity contribution in [3.05, 3.63) is 75.7 Å². The van der Waals surface area contributed by atoms with Crippen molar-refractivity contribution in [2.24, 2.45) is 0 Å². The van der Waals surface area contributed by atoms with E-state index in [4.69, 9.17) is 14.2 Å². The lowest BCUT2D eigenvalue weighted by molar-refractivity contribution is -0.138. The summed E-state index contributed by atoms with van der Waals surface area (Å²) in [7, 11) is 3.10. The van der Waals surface area contributed by atoms with E-state index in [2.05, 4.69) is 4.98 Å². The van der Waals surface area contributed by atoms with Crippen LogP contribution in [0.1, 0.15) is 34.8 Å². The molecule has 0 aliphatic rings. The number of carbonyl (C=O) groups is 1. The molecule has 0 fully saturated rings. The molecule has 0 aliphatic carbocycles. The van der Waals surface area contributed by atoms with Crippen LogP contribution >= 0.6 is 11.3 Å². The fourth-order valence-electron chi connectivity index (χ4n) is 3.32. The molecule has 0 saturated carbocycles. The van der Waals surface area contributed by atoms with E-state index >= 15 is 0 Å². The maximum atomic E-state index is 12.8. The zero-order chi connectivity index (χ0) is 22.9. The third-order valence-corrected chi connectivity index (χ3v) is 5.90. The van der Waals surface area contributed by atoms with E-state index in [-0.39, 0.29) is 31.8 Å². The minimum Gasteiger partial charge on any atom is -0.493 e. The number of carbonyl (C=O) groups excluding carboxylic acids is 1. The molecular weight excluding hydrogens is 428 g/mol. The predicted molar refractivity (Wildman–Crippen MR) is 123 cm³/mol. The summed E-state index contributed by atoms with van der Waals surface area (Å²) in [5.41, 5.74) is 2.57. The molecule has 3 rings (SSSR count). The number of amides is 1. The Kier molecular flexibility index (Phi) is 8.61. The summed E-state index contributed by atoms with van der Waals surface area (Å²) in [6.07, 6.45) is 0. The quantitative estimate of drug-likeness (QED) is 0.470. The van der Waals surface area contributed by atoms with Crippen molar-refractivity contribution in [3.8, 4) is 11.5 Å². The van der Waals surface area contributed by atoms with Gasteiger partial charge in [0.25, 0.3) is 0 Å². The maximum absolute atomic E-state index is 12.8. The molecule has 0 saturated heterocycles. The standard InChI is InChI=1S/C24H28N2O5S/c1-17(19-7-5-4-6-8-19)26(24(28)15-29-2)12-18-9-10-21(30-3)22(11-18)31-14-23-25-20(13-27)16-32-23/h4-11,16-17,27H,12-15H2,1-3H3. The number of hydrogen-bond acceptors (Lipinski definition) is 7. The molecule has 1 amide bonds. The van der Waals surface area contributed by atoms with Crippen molar-refractivity contribution in [3.63, 3.8) is 0 Å². The highest BCUT2D eigenvalue weighted by Gasteiger charge is 2.22. The van der Waals surface area contributed by atoms with E-state index in [9.17, 15) is 9.90 Å². The van der Waals surface area contributed by atoms with Crippen LogP contribution in [-0.2, 0) is 29.3 Å². The van der Waals surface area contributed by atoms with E-state index in [0.717, 1.165) is 16.1 Å². The average Bonchev–Trinajstić information content (AvgIpc) is 3.29. The molecule has 7 nitrogen and oxygen atoms in total. The van der Waals surface area contributed by atoms with Gasteiger partial charge in [0.15, 0.2) is 11.5 Å². The minimum absolute atomic E-state index is 0.00786. The second-order valence-corrected chi connectivity index (χ2v) is 8.15. The summed E-state index contributed by atoms with van der Waals surface area (Å²) in [5.74, 6) is 1.07. The van der Waals surface area contributed by atoms with Crippen LogP contribution in [0.4, 0.5) is 0 Å². The monoisotopic (exact) mass is 456 g/mol. The molecule has 1 N–H and O–H groups in total. The van der Waals surface area contributed by atoms with Crippen molar-refractivity contribution < 1.29 is 24.1 Å². The van der Waals surface area contributed by atoms with Crippen molar-refractivity contribution in [2.75, 3.05) is 20.8 Å². The first-order valence-corrected chi connectivity index (χ1v) is 11.1. The third kappa shape index (κ3) is 6.06. The molecule has 1 unspecified atom stereocenters. The molecule has 3 aromatic rings. The summed E-state index contributed by atoms with van der Waals surface area (Å²) < 4.78 is 16.5.